The third kappa shape index (κ3) is 2.60. The van der Waals surface area contributed by atoms with E-state index in [1.54, 1.807) is 0 Å². The molecule has 0 radical (unpaired) electrons. The van der Waals surface area contributed by atoms with Crippen LogP contribution in [0.5, 0.6) is 0 Å². The minimum atomic E-state index is -0.148. The first-order valence-electron chi connectivity index (χ1n) is 6.36. The van der Waals surface area contributed by atoms with Crippen molar-refractivity contribution in [1.29, 1.82) is 0 Å². The van der Waals surface area contributed by atoms with E-state index in [0.717, 1.165) is 25.0 Å². The Bertz CT molecular complexity index is 393. The molecule has 1 fully saturated rings. The number of nitrogens with zero attached hydrogens (tertiary/aromatic N) is 1. The number of amides is 1. The van der Waals surface area contributed by atoms with Gasteiger partial charge >= 0.3 is 0 Å². The number of nitrogen functional groups attached to an aromatic ring is 1. The van der Waals surface area contributed by atoms with Gasteiger partial charge in [-0.1, -0.05) is 26.2 Å². The lowest BCUT2D eigenvalue weighted by Gasteiger charge is -2.22. The third-order valence-electron chi connectivity index (χ3n) is 3.39. The van der Waals surface area contributed by atoms with Crippen molar-refractivity contribution in [1.82, 2.24) is 15.5 Å². The number of anilines is 1. The quantitative estimate of drug-likeness (QED) is 0.745. The molecule has 0 aromatic carbocycles. The van der Waals surface area contributed by atoms with E-state index in [-0.39, 0.29) is 11.9 Å². The molecule has 1 aromatic heterocycles. The van der Waals surface area contributed by atoms with Gasteiger partial charge in [-0.15, -0.1) is 0 Å². The molecule has 0 saturated heterocycles. The zero-order chi connectivity index (χ0) is 12.3. The molecule has 0 aliphatic heterocycles. The smallest absolute Gasteiger partial charge is 0.274 e. The van der Waals surface area contributed by atoms with Crippen molar-refractivity contribution in [2.45, 2.75) is 51.5 Å². The lowest BCUT2D eigenvalue weighted by molar-refractivity contribution is 0.0923. The second-order valence-corrected chi connectivity index (χ2v) is 4.63. The van der Waals surface area contributed by atoms with Crippen LogP contribution in [-0.2, 0) is 6.42 Å². The van der Waals surface area contributed by atoms with Crippen molar-refractivity contribution in [3.63, 3.8) is 0 Å². The molecule has 17 heavy (non-hydrogen) atoms. The Morgan fingerprint density at radius 3 is 2.76 bits per heavy atom. The molecule has 1 amide bonds. The van der Waals surface area contributed by atoms with Crippen molar-refractivity contribution in [2.75, 3.05) is 5.73 Å². The molecule has 0 atom stereocenters. The fraction of sp³-hybridized carbons (Fsp3) is 0.667. The maximum absolute atomic E-state index is 12.0. The van der Waals surface area contributed by atoms with Crippen LogP contribution in [0.1, 0.15) is 55.2 Å². The maximum Gasteiger partial charge on any atom is 0.274 e. The Kier molecular flexibility index (Phi) is 3.66. The summed E-state index contributed by atoms with van der Waals surface area (Å²) in [6.07, 6.45) is 6.56. The van der Waals surface area contributed by atoms with Crippen molar-refractivity contribution in [3.05, 3.63) is 11.4 Å². The van der Waals surface area contributed by atoms with Gasteiger partial charge in [0, 0.05) is 6.04 Å². The highest BCUT2D eigenvalue weighted by atomic mass is 16.2. The normalized spacial score (nSPS) is 17.0. The van der Waals surface area contributed by atoms with E-state index in [2.05, 4.69) is 15.5 Å². The van der Waals surface area contributed by atoms with Crippen LogP contribution in [0.25, 0.3) is 0 Å². The van der Waals surface area contributed by atoms with E-state index < -0.39 is 0 Å². The number of aromatic nitrogens is 2. The third-order valence-corrected chi connectivity index (χ3v) is 3.39. The predicted octanol–water partition coefficient (Wildman–Crippen LogP) is 1.62. The van der Waals surface area contributed by atoms with E-state index in [1.807, 2.05) is 6.92 Å². The van der Waals surface area contributed by atoms with Gasteiger partial charge in [0.15, 0.2) is 5.69 Å². The molecule has 0 unspecified atom stereocenters. The Labute approximate surface area is 101 Å². The van der Waals surface area contributed by atoms with E-state index in [0.29, 0.717) is 11.4 Å². The lowest BCUT2D eigenvalue weighted by Crippen LogP contribution is -2.36. The van der Waals surface area contributed by atoms with Gasteiger partial charge in [-0.25, -0.2) is 0 Å². The van der Waals surface area contributed by atoms with Gasteiger partial charge in [0.2, 0.25) is 0 Å². The number of H-pyrrole nitrogens is 1. The monoisotopic (exact) mass is 236 g/mol. The standard InChI is InChI=1S/C12H20N4O/c1-2-9-10(13)11(16-15-9)12(17)14-8-6-4-3-5-7-8/h8H,2-7,13H2,1H3,(H,14,17)(H,15,16). The van der Waals surface area contributed by atoms with E-state index >= 15 is 0 Å². The summed E-state index contributed by atoms with van der Waals surface area (Å²) in [5.41, 5.74) is 7.52. The fourth-order valence-electron chi connectivity index (χ4n) is 2.33. The van der Waals surface area contributed by atoms with Crippen LogP contribution in [0.4, 0.5) is 5.69 Å². The van der Waals surface area contributed by atoms with Crippen LogP contribution in [0.15, 0.2) is 0 Å². The highest BCUT2D eigenvalue weighted by Crippen LogP contribution is 2.19. The number of aryl methyl sites for hydroxylation is 1. The molecule has 1 aromatic rings. The molecule has 0 spiro atoms. The molecule has 4 N–H and O–H groups in total. The minimum Gasteiger partial charge on any atom is -0.395 e. The Morgan fingerprint density at radius 2 is 2.18 bits per heavy atom. The number of rotatable bonds is 3. The zero-order valence-corrected chi connectivity index (χ0v) is 10.3. The Hall–Kier alpha value is -1.52. The van der Waals surface area contributed by atoms with Gasteiger partial charge in [-0.05, 0) is 19.3 Å². The molecule has 1 saturated carbocycles. The second-order valence-electron chi connectivity index (χ2n) is 4.63. The van der Waals surface area contributed by atoms with Crippen molar-refractivity contribution >= 4 is 11.6 Å². The molecule has 2 rings (SSSR count). The molecule has 1 heterocycles. The van der Waals surface area contributed by atoms with Gasteiger partial charge in [0.1, 0.15) is 0 Å². The topological polar surface area (TPSA) is 83.8 Å². The van der Waals surface area contributed by atoms with Crippen LogP contribution in [-0.4, -0.2) is 22.1 Å². The molecule has 94 valence electrons. The summed E-state index contributed by atoms with van der Waals surface area (Å²) < 4.78 is 0. The number of nitrogens with one attached hydrogen (secondary N) is 2. The van der Waals surface area contributed by atoms with Gasteiger partial charge in [0.05, 0.1) is 11.4 Å². The summed E-state index contributed by atoms with van der Waals surface area (Å²) in [7, 11) is 0. The fourth-order valence-corrected chi connectivity index (χ4v) is 2.33. The number of hydrogen-bond acceptors (Lipinski definition) is 3. The van der Waals surface area contributed by atoms with Crippen LogP contribution < -0.4 is 11.1 Å². The first kappa shape index (κ1) is 12.0. The van der Waals surface area contributed by atoms with Gasteiger partial charge in [0.25, 0.3) is 5.91 Å². The lowest BCUT2D eigenvalue weighted by atomic mass is 9.95. The van der Waals surface area contributed by atoms with Gasteiger partial charge in [-0.2, -0.15) is 5.10 Å². The molecule has 0 bridgehead atoms. The molecule has 1 aliphatic carbocycles. The highest BCUT2D eigenvalue weighted by molar-refractivity contribution is 5.97. The summed E-state index contributed by atoms with van der Waals surface area (Å²) in [5.74, 6) is -0.148. The van der Waals surface area contributed by atoms with Crippen molar-refractivity contribution < 1.29 is 4.79 Å². The Balaban J connectivity index is 2.01. The van der Waals surface area contributed by atoms with Crippen LogP contribution in [0.3, 0.4) is 0 Å². The number of aromatic amines is 1. The molecular weight excluding hydrogens is 216 g/mol. The van der Waals surface area contributed by atoms with Crippen LogP contribution in [0, 0.1) is 0 Å². The van der Waals surface area contributed by atoms with E-state index in [4.69, 9.17) is 5.73 Å². The van der Waals surface area contributed by atoms with Gasteiger partial charge in [-0.3, -0.25) is 9.89 Å². The number of carbonyl (C=O) groups excluding carboxylic acids is 1. The molecule has 5 nitrogen and oxygen atoms in total. The predicted molar refractivity (Wildman–Crippen MR) is 66.7 cm³/mol. The average molecular weight is 236 g/mol. The summed E-state index contributed by atoms with van der Waals surface area (Å²) in [5, 5.41) is 9.81. The number of hydrogen-bond donors (Lipinski definition) is 3. The van der Waals surface area contributed by atoms with E-state index in [1.165, 1.54) is 19.3 Å². The maximum atomic E-state index is 12.0. The summed E-state index contributed by atoms with van der Waals surface area (Å²) >= 11 is 0. The minimum absolute atomic E-state index is 0.148. The second kappa shape index (κ2) is 5.21. The Morgan fingerprint density at radius 1 is 1.47 bits per heavy atom. The summed E-state index contributed by atoms with van der Waals surface area (Å²) in [4.78, 5) is 12.0. The molecular formula is C12H20N4O. The van der Waals surface area contributed by atoms with Crippen LogP contribution >= 0.6 is 0 Å². The first-order chi connectivity index (χ1) is 8.22. The first-order valence-corrected chi connectivity index (χ1v) is 6.36. The molecule has 1 aliphatic rings. The SMILES string of the molecule is CCc1[nH]nc(C(=O)NC2CCCCC2)c1N. The van der Waals surface area contributed by atoms with Crippen molar-refractivity contribution in [3.8, 4) is 0 Å². The average Bonchev–Trinajstić information content (AvgIpc) is 2.71. The molecule has 5 heteroatoms. The largest absolute Gasteiger partial charge is 0.395 e. The highest BCUT2D eigenvalue weighted by Gasteiger charge is 2.20. The van der Waals surface area contributed by atoms with E-state index in [9.17, 15) is 4.79 Å². The number of carbonyl (C=O) groups is 1. The number of nitrogens with two attached hydrogens (primary N) is 1. The van der Waals surface area contributed by atoms with Crippen molar-refractivity contribution in [2.24, 2.45) is 0 Å². The zero-order valence-electron chi connectivity index (χ0n) is 10.3. The summed E-state index contributed by atoms with van der Waals surface area (Å²) in [6.45, 7) is 1.98. The van der Waals surface area contributed by atoms with Crippen LogP contribution in [0.2, 0.25) is 0 Å². The van der Waals surface area contributed by atoms with Gasteiger partial charge < -0.3 is 11.1 Å². The summed E-state index contributed by atoms with van der Waals surface area (Å²) in [6, 6.07) is 0.289.